The summed E-state index contributed by atoms with van der Waals surface area (Å²) in [5.41, 5.74) is 3.33. The van der Waals surface area contributed by atoms with Gasteiger partial charge in [0.05, 0.1) is 0 Å². The molecule has 1 aliphatic heterocycles. The maximum atomic E-state index is 12.4. The summed E-state index contributed by atoms with van der Waals surface area (Å²) in [7, 11) is 0. The molecule has 106 valence electrons. The Hall–Kier alpha value is -2.35. The van der Waals surface area contributed by atoms with Crippen molar-refractivity contribution < 1.29 is 4.79 Å². The number of likely N-dealkylation sites (tertiary alicyclic amines) is 1. The average Bonchev–Trinajstić information content (AvgIpc) is 2.54. The lowest BCUT2D eigenvalue weighted by molar-refractivity contribution is -0.137. The van der Waals surface area contributed by atoms with Gasteiger partial charge in [-0.25, -0.2) is 0 Å². The first-order valence-corrected chi connectivity index (χ1v) is 7.44. The Balaban J connectivity index is 1.96. The normalized spacial score (nSPS) is 19.7. The molecule has 2 aromatic rings. The summed E-state index contributed by atoms with van der Waals surface area (Å²) < 4.78 is 0. The number of hydrogen-bond acceptors (Lipinski definition) is 1. The first-order valence-electron chi connectivity index (χ1n) is 7.44. The van der Waals surface area contributed by atoms with E-state index >= 15 is 0 Å². The molecule has 0 aromatic heterocycles. The Labute approximate surface area is 125 Å². The molecule has 1 amide bonds. The zero-order valence-electron chi connectivity index (χ0n) is 12.2. The molecule has 0 bridgehead atoms. The van der Waals surface area contributed by atoms with Gasteiger partial charge in [0, 0.05) is 12.2 Å². The van der Waals surface area contributed by atoms with Gasteiger partial charge in [0.15, 0.2) is 0 Å². The summed E-state index contributed by atoms with van der Waals surface area (Å²) in [5.74, 6) is 0.100. The number of amides is 1. The minimum absolute atomic E-state index is 0.113. The Morgan fingerprint density at radius 3 is 2.24 bits per heavy atom. The molecule has 2 aromatic carbocycles. The predicted octanol–water partition coefficient (Wildman–Crippen LogP) is 4.06. The van der Waals surface area contributed by atoms with Gasteiger partial charge in [0.2, 0.25) is 5.91 Å². The van der Waals surface area contributed by atoms with E-state index in [2.05, 4.69) is 25.1 Å². The third-order valence-electron chi connectivity index (χ3n) is 3.81. The standard InChI is InChI=1S/C19H19NO/c1-2-13-20-17(14-15-9-5-3-6-10-15)18(19(20)21)16-11-7-4-8-12-16/h3-12,14,18H,2,13H2,1H3/b17-14-. The Morgan fingerprint density at radius 1 is 1.00 bits per heavy atom. The van der Waals surface area contributed by atoms with E-state index in [9.17, 15) is 4.79 Å². The van der Waals surface area contributed by atoms with Gasteiger partial charge in [0.25, 0.3) is 0 Å². The maximum absolute atomic E-state index is 12.4. The fourth-order valence-corrected chi connectivity index (χ4v) is 2.80. The third-order valence-corrected chi connectivity index (χ3v) is 3.81. The monoisotopic (exact) mass is 277 g/mol. The van der Waals surface area contributed by atoms with E-state index in [-0.39, 0.29) is 11.8 Å². The highest BCUT2D eigenvalue weighted by Gasteiger charge is 2.42. The van der Waals surface area contributed by atoms with Crippen LogP contribution >= 0.6 is 0 Å². The molecule has 1 fully saturated rings. The van der Waals surface area contributed by atoms with E-state index in [4.69, 9.17) is 0 Å². The minimum Gasteiger partial charge on any atom is -0.314 e. The van der Waals surface area contributed by atoms with Crippen LogP contribution in [0.15, 0.2) is 66.4 Å². The first kappa shape index (κ1) is 13.6. The van der Waals surface area contributed by atoms with Gasteiger partial charge in [-0.15, -0.1) is 0 Å². The van der Waals surface area contributed by atoms with Gasteiger partial charge >= 0.3 is 0 Å². The number of benzene rings is 2. The molecule has 2 nitrogen and oxygen atoms in total. The largest absolute Gasteiger partial charge is 0.314 e. The lowest BCUT2D eigenvalue weighted by atomic mass is 9.85. The van der Waals surface area contributed by atoms with Gasteiger partial charge in [0.1, 0.15) is 5.92 Å². The van der Waals surface area contributed by atoms with Crippen LogP contribution in [-0.4, -0.2) is 17.4 Å². The highest BCUT2D eigenvalue weighted by Crippen LogP contribution is 2.40. The molecule has 0 spiro atoms. The summed E-state index contributed by atoms with van der Waals surface area (Å²) in [5, 5.41) is 0. The molecule has 1 saturated heterocycles. The van der Waals surface area contributed by atoms with Crippen LogP contribution in [0.4, 0.5) is 0 Å². The van der Waals surface area contributed by atoms with Crippen LogP contribution in [0.25, 0.3) is 6.08 Å². The van der Waals surface area contributed by atoms with E-state index in [1.54, 1.807) is 0 Å². The van der Waals surface area contributed by atoms with Gasteiger partial charge in [-0.1, -0.05) is 67.6 Å². The number of hydrogen-bond donors (Lipinski definition) is 0. The number of β-lactam (4-membered cyclic amide) rings is 1. The van der Waals surface area contributed by atoms with E-state index in [1.165, 1.54) is 0 Å². The molecule has 1 unspecified atom stereocenters. The molecule has 2 heteroatoms. The average molecular weight is 277 g/mol. The molecule has 0 saturated carbocycles. The second kappa shape index (κ2) is 5.96. The van der Waals surface area contributed by atoms with E-state index < -0.39 is 0 Å². The first-order chi connectivity index (χ1) is 10.3. The van der Waals surface area contributed by atoms with Gasteiger partial charge < -0.3 is 4.90 Å². The summed E-state index contributed by atoms with van der Waals surface area (Å²) in [6.45, 7) is 2.89. The maximum Gasteiger partial charge on any atom is 0.240 e. The fourth-order valence-electron chi connectivity index (χ4n) is 2.80. The molecule has 21 heavy (non-hydrogen) atoms. The highest BCUT2D eigenvalue weighted by atomic mass is 16.2. The van der Waals surface area contributed by atoms with E-state index in [1.807, 2.05) is 53.4 Å². The lowest BCUT2D eigenvalue weighted by Gasteiger charge is -2.42. The lowest BCUT2D eigenvalue weighted by Crippen LogP contribution is -2.48. The molecular weight excluding hydrogens is 258 g/mol. The van der Waals surface area contributed by atoms with Crippen LogP contribution < -0.4 is 0 Å². The summed E-state index contributed by atoms with van der Waals surface area (Å²) in [4.78, 5) is 14.3. The van der Waals surface area contributed by atoms with Crippen LogP contribution in [0.2, 0.25) is 0 Å². The van der Waals surface area contributed by atoms with Crippen LogP contribution in [0, 0.1) is 0 Å². The van der Waals surface area contributed by atoms with Crippen molar-refractivity contribution >= 4 is 12.0 Å². The predicted molar refractivity (Wildman–Crippen MR) is 85.6 cm³/mol. The summed E-state index contributed by atoms with van der Waals surface area (Å²) >= 11 is 0. The molecule has 0 aliphatic carbocycles. The van der Waals surface area contributed by atoms with Crippen LogP contribution in [0.3, 0.4) is 0 Å². The van der Waals surface area contributed by atoms with E-state index in [0.717, 1.165) is 29.8 Å². The topological polar surface area (TPSA) is 20.3 Å². The van der Waals surface area contributed by atoms with Crippen molar-refractivity contribution in [2.24, 2.45) is 0 Å². The SMILES string of the molecule is CCCN1C(=O)C(c2ccccc2)/C1=C/c1ccccc1. The molecular formula is C19H19NO. The minimum atomic E-state index is -0.113. The van der Waals surface area contributed by atoms with Crippen LogP contribution in [-0.2, 0) is 4.79 Å². The molecule has 1 heterocycles. The van der Waals surface area contributed by atoms with Gasteiger partial charge in [-0.2, -0.15) is 0 Å². The number of nitrogens with zero attached hydrogens (tertiary/aromatic N) is 1. The molecule has 1 aliphatic rings. The summed E-state index contributed by atoms with van der Waals surface area (Å²) in [6.07, 6.45) is 3.11. The quantitative estimate of drug-likeness (QED) is 0.772. The highest BCUT2D eigenvalue weighted by molar-refractivity contribution is 5.98. The molecule has 0 radical (unpaired) electrons. The van der Waals surface area contributed by atoms with E-state index in [0.29, 0.717) is 0 Å². The van der Waals surface area contributed by atoms with Gasteiger partial charge in [-0.05, 0) is 23.6 Å². The van der Waals surface area contributed by atoms with Gasteiger partial charge in [-0.3, -0.25) is 4.79 Å². The zero-order chi connectivity index (χ0) is 14.7. The second-order valence-electron chi connectivity index (χ2n) is 5.31. The second-order valence-corrected chi connectivity index (χ2v) is 5.31. The van der Waals surface area contributed by atoms with Crippen LogP contribution in [0.5, 0.6) is 0 Å². The van der Waals surface area contributed by atoms with Crippen molar-refractivity contribution in [2.45, 2.75) is 19.3 Å². The molecule has 1 atom stereocenters. The number of carbonyl (C=O) groups is 1. The number of carbonyl (C=O) groups excluding carboxylic acids is 1. The molecule has 3 rings (SSSR count). The summed E-state index contributed by atoms with van der Waals surface area (Å²) in [6, 6.07) is 20.2. The fraction of sp³-hybridized carbons (Fsp3) is 0.211. The molecule has 0 N–H and O–H groups in total. The van der Waals surface area contributed by atoms with Crippen molar-refractivity contribution in [2.75, 3.05) is 6.54 Å². The van der Waals surface area contributed by atoms with Crippen molar-refractivity contribution in [1.29, 1.82) is 0 Å². The van der Waals surface area contributed by atoms with Crippen molar-refractivity contribution in [1.82, 2.24) is 4.90 Å². The Morgan fingerprint density at radius 2 is 1.62 bits per heavy atom. The van der Waals surface area contributed by atoms with Crippen molar-refractivity contribution in [3.8, 4) is 0 Å². The Bertz CT molecular complexity index is 646. The smallest absolute Gasteiger partial charge is 0.240 e. The van der Waals surface area contributed by atoms with Crippen molar-refractivity contribution in [3.63, 3.8) is 0 Å². The van der Waals surface area contributed by atoms with Crippen molar-refractivity contribution in [3.05, 3.63) is 77.5 Å². The number of rotatable bonds is 4. The van der Waals surface area contributed by atoms with Crippen LogP contribution in [0.1, 0.15) is 30.4 Å². The zero-order valence-corrected chi connectivity index (χ0v) is 12.2. The third kappa shape index (κ3) is 2.62. The Kier molecular flexibility index (Phi) is 3.87.